The molecule has 82 valence electrons. The highest BCUT2D eigenvalue weighted by molar-refractivity contribution is 7.11. The molecule has 2 rings (SSSR count). The van der Waals surface area contributed by atoms with Crippen LogP contribution >= 0.6 is 11.3 Å². The molecule has 15 heavy (non-hydrogen) atoms. The van der Waals surface area contributed by atoms with Gasteiger partial charge in [0.05, 0.1) is 10.7 Å². The Bertz CT molecular complexity index is 343. The smallest absolute Gasteiger partial charge is 0.0928 e. The molecule has 0 saturated carbocycles. The van der Waals surface area contributed by atoms with E-state index >= 15 is 0 Å². The lowest BCUT2D eigenvalue weighted by atomic mass is 9.98. The Hall–Kier alpha value is -0.670. The summed E-state index contributed by atoms with van der Waals surface area (Å²) in [5, 5.41) is 4.80. The van der Waals surface area contributed by atoms with Crippen molar-refractivity contribution in [3.8, 4) is 0 Å². The van der Waals surface area contributed by atoms with Crippen LogP contribution in [0.4, 0.5) is 0 Å². The summed E-state index contributed by atoms with van der Waals surface area (Å²) in [6.45, 7) is 6.82. The third-order valence-corrected chi connectivity index (χ3v) is 4.16. The molecule has 2 nitrogen and oxygen atoms in total. The number of aryl methyl sites for hydroxylation is 2. The molecule has 1 aliphatic carbocycles. The summed E-state index contributed by atoms with van der Waals surface area (Å²) in [6, 6.07) is 0.518. The molecule has 0 fully saturated rings. The molecule has 0 aliphatic heterocycles. The highest BCUT2D eigenvalue weighted by Gasteiger charge is 2.23. The first-order valence-corrected chi connectivity index (χ1v) is 6.49. The number of hydrogen-bond acceptors (Lipinski definition) is 3. The molecular formula is C12H18N2S. The zero-order chi connectivity index (χ0) is 10.7. The third-order valence-electron chi connectivity index (χ3n) is 2.81. The largest absolute Gasteiger partial charge is 0.306 e. The van der Waals surface area contributed by atoms with Gasteiger partial charge in [0, 0.05) is 17.5 Å². The Morgan fingerprint density at radius 2 is 2.53 bits per heavy atom. The van der Waals surface area contributed by atoms with Crippen LogP contribution in [0.25, 0.3) is 0 Å². The van der Waals surface area contributed by atoms with Crippen molar-refractivity contribution in [1.29, 1.82) is 0 Å². The molecule has 0 amide bonds. The van der Waals surface area contributed by atoms with Crippen molar-refractivity contribution in [3.63, 3.8) is 0 Å². The quantitative estimate of drug-likeness (QED) is 0.792. The lowest BCUT2D eigenvalue weighted by Gasteiger charge is -2.21. The van der Waals surface area contributed by atoms with E-state index in [1.54, 1.807) is 0 Å². The van der Waals surface area contributed by atoms with Crippen molar-refractivity contribution in [3.05, 3.63) is 28.2 Å². The van der Waals surface area contributed by atoms with Crippen LogP contribution in [0.15, 0.2) is 12.7 Å². The molecule has 0 aromatic carbocycles. The highest BCUT2D eigenvalue weighted by Crippen LogP contribution is 2.34. The average Bonchev–Trinajstić information content (AvgIpc) is 2.69. The summed E-state index contributed by atoms with van der Waals surface area (Å²) in [7, 11) is 0. The minimum absolute atomic E-state index is 0.518. The summed E-state index contributed by atoms with van der Waals surface area (Å²) in [5.41, 5.74) is 1.34. The number of hydrogen-bond donors (Lipinski definition) is 1. The Kier molecular flexibility index (Phi) is 3.54. The van der Waals surface area contributed by atoms with E-state index in [0.717, 1.165) is 19.4 Å². The molecule has 0 bridgehead atoms. The third kappa shape index (κ3) is 2.29. The van der Waals surface area contributed by atoms with Crippen molar-refractivity contribution < 1.29 is 0 Å². The van der Waals surface area contributed by atoms with Gasteiger partial charge in [-0.3, -0.25) is 0 Å². The van der Waals surface area contributed by atoms with Gasteiger partial charge in [-0.05, 0) is 25.7 Å². The van der Waals surface area contributed by atoms with Crippen LogP contribution in [0.2, 0.25) is 0 Å². The van der Waals surface area contributed by atoms with E-state index in [2.05, 4.69) is 23.8 Å². The van der Waals surface area contributed by atoms with Crippen LogP contribution in [-0.4, -0.2) is 11.5 Å². The predicted octanol–water partition coefficient (Wildman–Crippen LogP) is 2.86. The molecule has 1 atom stereocenters. The first kappa shape index (κ1) is 10.8. The monoisotopic (exact) mass is 222 g/mol. The lowest BCUT2D eigenvalue weighted by Crippen LogP contribution is -2.24. The van der Waals surface area contributed by atoms with Gasteiger partial charge in [0.15, 0.2) is 0 Å². The Balaban J connectivity index is 2.17. The molecule has 1 aromatic rings. The standard InChI is InChI=1S/C12H18N2S/c1-3-8-13-9-6-5-7-10-12(9)15-11(4-2)14-10/h3,9,13H,1,4-8H2,2H3/t9-/m0/s1. The van der Waals surface area contributed by atoms with Gasteiger partial charge in [0.25, 0.3) is 0 Å². The molecule has 0 unspecified atom stereocenters. The number of nitrogens with zero attached hydrogens (tertiary/aromatic N) is 1. The van der Waals surface area contributed by atoms with Gasteiger partial charge in [-0.25, -0.2) is 4.98 Å². The lowest BCUT2D eigenvalue weighted by molar-refractivity contribution is 0.485. The topological polar surface area (TPSA) is 24.9 Å². The maximum absolute atomic E-state index is 4.68. The van der Waals surface area contributed by atoms with Crippen LogP contribution in [0.5, 0.6) is 0 Å². The fraction of sp³-hybridized carbons (Fsp3) is 0.583. The van der Waals surface area contributed by atoms with Crippen LogP contribution < -0.4 is 5.32 Å². The molecule has 1 aromatic heterocycles. The van der Waals surface area contributed by atoms with Crippen LogP contribution in [-0.2, 0) is 12.8 Å². The minimum atomic E-state index is 0.518. The van der Waals surface area contributed by atoms with Gasteiger partial charge in [0.2, 0.25) is 0 Å². The number of aromatic nitrogens is 1. The fourth-order valence-corrected chi connectivity index (χ4v) is 3.20. The second-order valence-electron chi connectivity index (χ2n) is 3.91. The number of rotatable bonds is 4. The van der Waals surface area contributed by atoms with Crippen LogP contribution in [0.3, 0.4) is 0 Å². The number of fused-ring (bicyclic) bond motifs is 1. The zero-order valence-electron chi connectivity index (χ0n) is 9.25. The summed E-state index contributed by atoms with van der Waals surface area (Å²) in [4.78, 5) is 6.15. The van der Waals surface area contributed by atoms with Crippen molar-refractivity contribution in [2.24, 2.45) is 0 Å². The van der Waals surface area contributed by atoms with Crippen molar-refractivity contribution in [1.82, 2.24) is 10.3 Å². The van der Waals surface area contributed by atoms with Crippen LogP contribution in [0.1, 0.15) is 41.4 Å². The predicted molar refractivity (Wildman–Crippen MR) is 65.4 cm³/mol. The van der Waals surface area contributed by atoms with Crippen molar-refractivity contribution in [2.75, 3.05) is 6.54 Å². The van der Waals surface area contributed by atoms with Gasteiger partial charge in [-0.2, -0.15) is 0 Å². The van der Waals surface area contributed by atoms with Gasteiger partial charge in [-0.1, -0.05) is 13.0 Å². The Morgan fingerprint density at radius 3 is 3.27 bits per heavy atom. The maximum atomic E-state index is 4.68. The van der Waals surface area contributed by atoms with E-state index < -0.39 is 0 Å². The Morgan fingerprint density at radius 1 is 1.67 bits per heavy atom. The summed E-state index contributed by atoms with van der Waals surface area (Å²) >= 11 is 1.89. The normalized spacial score (nSPS) is 19.9. The minimum Gasteiger partial charge on any atom is -0.306 e. The fourth-order valence-electron chi connectivity index (χ4n) is 2.04. The Labute approximate surface area is 95.4 Å². The number of nitrogens with one attached hydrogen (secondary N) is 1. The summed E-state index contributed by atoms with van der Waals surface area (Å²) in [5.74, 6) is 0. The highest BCUT2D eigenvalue weighted by atomic mass is 32.1. The summed E-state index contributed by atoms with van der Waals surface area (Å²) < 4.78 is 0. The second-order valence-corrected chi connectivity index (χ2v) is 5.03. The number of thiazole rings is 1. The van der Waals surface area contributed by atoms with E-state index in [9.17, 15) is 0 Å². The first-order chi connectivity index (χ1) is 7.35. The summed E-state index contributed by atoms with van der Waals surface area (Å²) in [6.07, 6.45) is 6.65. The van der Waals surface area contributed by atoms with Crippen molar-refractivity contribution >= 4 is 11.3 Å². The van der Waals surface area contributed by atoms with E-state index in [0.29, 0.717) is 6.04 Å². The SMILES string of the molecule is C=CCN[C@H]1CCCc2nc(CC)sc21. The first-order valence-electron chi connectivity index (χ1n) is 5.68. The van der Waals surface area contributed by atoms with E-state index in [1.807, 2.05) is 17.4 Å². The second kappa shape index (κ2) is 4.90. The average molecular weight is 222 g/mol. The van der Waals surface area contributed by atoms with Gasteiger partial charge in [0.1, 0.15) is 0 Å². The van der Waals surface area contributed by atoms with Gasteiger partial charge >= 0.3 is 0 Å². The van der Waals surface area contributed by atoms with Crippen molar-refractivity contribution in [2.45, 2.75) is 38.6 Å². The maximum Gasteiger partial charge on any atom is 0.0928 e. The molecule has 0 saturated heterocycles. The molecule has 1 heterocycles. The molecule has 3 heteroatoms. The molecular weight excluding hydrogens is 204 g/mol. The van der Waals surface area contributed by atoms with E-state index in [4.69, 9.17) is 0 Å². The van der Waals surface area contributed by atoms with Gasteiger partial charge in [-0.15, -0.1) is 17.9 Å². The molecule has 1 aliphatic rings. The van der Waals surface area contributed by atoms with E-state index in [-0.39, 0.29) is 0 Å². The van der Waals surface area contributed by atoms with Gasteiger partial charge < -0.3 is 5.32 Å². The van der Waals surface area contributed by atoms with Crippen LogP contribution in [0, 0.1) is 0 Å². The molecule has 0 radical (unpaired) electrons. The molecule has 1 N–H and O–H groups in total. The molecule has 0 spiro atoms. The van der Waals surface area contributed by atoms with E-state index in [1.165, 1.54) is 28.4 Å². The zero-order valence-corrected chi connectivity index (χ0v) is 10.1.